The summed E-state index contributed by atoms with van der Waals surface area (Å²) in [7, 11) is -3.40. The Labute approximate surface area is 168 Å². The fourth-order valence-electron chi connectivity index (χ4n) is 3.01. The number of aryl methyl sites for hydroxylation is 3. The van der Waals surface area contributed by atoms with Crippen LogP contribution < -0.4 is 9.62 Å². The Balaban J connectivity index is 1.93. The van der Waals surface area contributed by atoms with Crippen molar-refractivity contribution in [3.05, 3.63) is 64.7 Å². The number of anilines is 1. The van der Waals surface area contributed by atoms with E-state index >= 15 is 0 Å². The quantitative estimate of drug-likeness (QED) is 0.725. The van der Waals surface area contributed by atoms with Gasteiger partial charge in [0.1, 0.15) is 0 Å². The first-order valence-corrected chi connectivity index (χ1v) is 11.3. The number of benzene rings is 2. The lowest BCUT2D eigenvalue weighted by Gasteiger charge is -2.22. The number of hydrogen-bond donors (Lipinski definition) is 1. The fourth-order valence-corrected chi connectivity index (χ4v) is 3.98. The highest BCUT2D eigenvalue weighted by Gasteiger charge is 2.18. The van der Waals surface area contributed by atoms with Crippen LogP contribution in [0.1, 0.15) is 48.1 Å². The lowest BCUT2D eigenvalue weighted by Crippen LogP contribution is -2.32. The monoisotopic (exact) mass is 402 g/mol. The van der Waals surface area contributed by atoms with Crippen LogP contribution in [-0.4, -0.2) is 27.1 Å². The highest BCUT2D eigenvalue weighted by Crippen LogP contribution is 2.20. The molecule has 1 atom stereocenters. The summed E-state index contributed by atoms with van der Waals surface area (Å²) in [5, 5.41) is 3.00. The summed E-state index contributed by atoms with van der Waals surface area (Å²) < 4.78 is 25.6. The first-order valence-electron chi connectivity index (χ1n) is 9.49. The van der Waals surface area contributed by atoms with Crippen molar-refractivity contribution < 1.29 is 13.2 Å². The van der Waals surface area contributed by atoms with Gasteiger partial charge >= 0.3 is 0 Å². The van der Waals surface area contributed by atoms with Crippen molar-refractivity contribution in [2.45, 2.75) is 46.6 Å². The molecular formula is C22H30N2O3S. The van der Waals surface area contributed by atoms with E-state index in [0.29, 0.717) is 12.1 Å². The van der Waals surface area contributed by atoms with Gasteiger partial charge in [0.25, 0.3) is 0 Å². The van der Waals surface area contributed by atoms with Crippen LogP contribution in [0.2, 0.25) is 0 Å². The second-order valence-electron chi connectivity index (χ2n) is 7.41. The zero-order valence-corrected chi connectivity index (χ0v) is 18.1. The summed E-state index contributed by atoms with van der Waals surface area (Å²) in [6, 6.07) is 13.4. The van der Waals surface area contributed by atoms with E-state index in [1.54, 1.807) is 12.1 Å². The van der Waals surface area contributed by atoms with Crippen LogP contribution in [-0.2, 0) is 14.8 Å². The Bertz CT molecular complexity index is 921. The van der Waals surface area contributed by atoms with E-state index in [0.717, 1.165) is 11.1 Å². The second-order valence-corrected chi connectivity index (χ2v) is 9.31. The SMILES string of the molecule is Cc1ccc(N(CCCC(=O)N[C@H](C)c2ccc(C)c(C)c2)S(C)(=O)=O)cc1. The van der Waals surface area contributed by atoms with E-state index in [1.807, 2.05) is 32.0 Å². The zero-order chi connectivity index (χ0) is 20.9. The standard InChI is InChI=1S/C22H30N2O3S/c1-16-8-12-21(13-9-16)24(28(5,26)27)14-6-7-22(25)23-19(4)20-11-10-17(2)18(3)15-20/h8-13,15,19H,6-7,14H2,1-5H3,(H,23,25)/t19-/m1/s1. The smallest absolute Gasteiger partial charge is 0.232 e. The Morgan fingerprint density at radius 1 is 1.04 bits per heavy atom. The van der Waals surface area contributed by atoms with Crippen molar-refractivity contribution in [2.24, 2.45) is 0 Å². The molecule has 0 aliphatic carbocycles. The minimum atomic E-state index is -3.40. The molecule has 0 saturated carbocycles. The zero-order valence-electron chi connectivity index (χ0n) is 17.3. The highest BCUT2D eigenvalue weighted by molar-refractivity contribution is 7.92. The molecule has 0 spiro atoms. The third-order valence-corrected chi connectivity index (χ3v) is 6.09. The van der Waals surface area contributed by atoms with Crippen molar-refractivity contribution in [3.63, 3.8) is 0 Å². The number of amides is 1. The Morgan fingerprint density at radius 2 is 1.68 bits per heavy atom. The van der Waals surface area contributed by atoms with Crippen LogP contribution in [0.4, 0.5) is 5.69 Å². The van der Waals surface area contributed by atoms with Crippen LogP contribution in [0.5, 0.6) is 0 Å². The van der Waals surface area contributed by atoms with Crippen molar-refractivity contribution >= 4 is 21.6 Å². The molecule has 2 aromatic carbocycles. The number of sulfonamides is 1. The normalized spacial score (nSPS) is 12.5. The molecule has 6 heteroatoms. The van der Waals surface area contributed by atoms with Crippen molar-refractivity contribution in [2.75, 3.05) is 17.1 Å². The number of hydrogen-bond acceptors (Lipinski definition) is 3. The molecule has 0 radical (unpaired) electrons. The number of nitrogens with zero attached hydrogens (tertiary/aromatic N) is 1. The van der Waals surface area contributed by atoms with E-state index in [2.05, 4.69) is 31.3 Å². The molecule has 1 amide bonds. The lowest BCUT2D eigenvalue weighted by molar-refractivity contribution is -0.121. The summed E-state index contributed by atoms with van der Waals surface area (Å²) in [6.07, 6.45) is 1.91. The molecule has 28 heavy (non-hydrogen) atoms. The van der Waals surface area contributed by atoms with Gasteiger partial charge in [0, 0.05) is 13.0 Å². The molecule has 0 aromatic heterocycles. The molecule has 0 fully saturated rings. The van der Waals surface area contributed by atoms with Crippen molar-refractivity contribution in [3.8, 4) is 0 Å². The van der Waals surface area contributed by atoms with Gasteiger partial charge in [-0.2, -0.15) is 0 Å². The van der Waals surface area contributed by atoms with E-state index < -0.39 is 10.0 Å². The van der Waals surface area contributed by atoms with E-state index in [4.69, 9.17) is 0 Å². The van der Waals surface area contributed by atoms with Crippen LogP contribution >= 0.6 is 0 Å². The molecule has 1 N–H and O–H groups in total. The molecule has 0 bridgehead atoms. The van der Waals surface area contributed by atoms with Crippen molar-refractivity contribution in [1.29, 1.82) is 0 Å². The molecular weight excluding hydrogens is 372 g/mol. The number of carbonyl (C=O) groups excluding carboxylic acids is 1. The average Bonchev–Trinajstić information content (AvgIpc) is 2.61. The first kappa shape index (κ1) is 22.0. The minimum absolute atomic E-state index is 0.0805. The highest BCUT2D eigenvalue weighted by atomic mass is 32.2. The Hall–Kier alpha value is -2.34. The molecule has 2 rings (SSSR count). The first-order chi connectivity index (χ1) is 13.1. The fraction of sp³-hybridized carbons (Fsp3) is 0.409. The molecule has 0 aliphatic rings. The summed E-state index contributed by atoms with van der Waals surface area (Å²) in [6.45, 7) is 8.29. The summed E-state index contributed by atoms with van der Waals surface area (Å²) in [4.78, 5) is 12.3. The van der Waals surface area contributed by atoms with Gasteiger partial charge < -0.3 is 5.32 Å². The molecule has 0 heterocycles. The van der Waals surface area contributed by atoms with Gasteiger partial charge in [-0.3, -0.25) is 9.10 Å². The second kappa shape index (κ2) is 9.24. The summed E-state index contributed by atoms with van der Waals surface area (Å²) in [5.74, 6) is -0.0805. The predicted molar refractivity (Wildman–Crippen MR) is 115 cm³/mol. The van der Waals surface area contributed by atoms with Gasteiger partial charge in [-0.25, -0.2) is 8.42 Å². The Morgan fingerprint density at radius 3 is 2.25 bits per heavy atom. The summed E-state index contributed by atoms with van der Waals surface area (Å²) >= 11 is 0. The van der Waals surface area contributed by atoms with Crippen molar-refractivity contribution in [1.82, 2.24) is 5.32 Å². The van der Waals surface area contributed by atoms with Crippen LogP contribution in [0.15, 0.2) is 42.5 Å². The molecule has 2 aromatic rings. The van der Waals surface area contributed by atoms with Gasteiger partial charge in [-0.15, -0.1) is 0 Å². The lowest BCUT2D eigenvalue weighted by atomic mass is 10.0. The average molecular weight is 403 g/mol. The number of rotatable bonds is 8. The van der Waals surface area contributed by atoms with Crippen LogP contribution in [0.3, 0.4) is 0 Å². The van der Waals surface area contributed by atoms with Gasteiger partial charge in [0.15, 0.2) is 0 Å². The number of nitrogens with one attached hydrogen (secondary N) is 1. The van der Waals surface area contributed by atoms with E-state index in [-0.39, 0.29) is 24.9 Å². The molecule has 5 nitrogen and oxygen atoms in total. The third-order valence-electron chi connectivity index (χ3n) is 4.90. The Kier molecular flexibility index (Phi) is 7.24. The molecule has 152 valence electrons. The van der Waals surface area contributed by atoms with E-state index in [1.165, 1.54) is 21.7 Å². The minimum Gasteiger partial charge on any atom is -0.350 e. The molecule has 0 saturated heterocycles. The maximum atomic E-state index is 12.3. The van der Waals surface area contributed by atoms with Gasteiger partial charge in [-0.1, -0.05) is 35.9 Å². The van der Waals surface area contributed by atoms with Crippen LogP contribution in [0.25, 0.3) is 0 Å². The molecule has 0 unspecified atom stereocenters. The topological polar surface area (TPSA) is 66.5 Å². The van der Waals surface area contributed by atoms with Gasteiger partial charge in [0.05, 0.1) is 18.0 Å². The summed E-state index contributed by atoms with van der Waals surface area (Å²) in [5.41, 5.74) is 5.17. The number of carbonyl (C=O) groups is 1. The third kappa shape index (κ3) is 6.09. The largest absolute Gasteiger partial charge is 0.350 e. The van der Waals surface area contributed by atoms with E-state index in [9.17, 15) is 13.2 Å². The maximum Gasteiger partial charge on any atom is 0.232 e. The maximum absolute atomic E-state index is 12.3. The predicted octanol–water partition coefficient (Wildman–Crippen LogP) is 4.04. The van der Waals surface area contributed by atoms with Crippen LogP contribution in [0, 0.1) is 20.8 Å². The molecule has 0 aliphatic heterocycles. The van der Waals surface area contributed by atoms with Gasteiger partial charge in [-0.05, 0) is 62.9 Å². The van der Waals surface area contributed by atoms with Gasteiger partial charge in [0.2, 0.25) is 15.9 Å².